The summed E-state index contributed by atoms with van der Waals surface area (Å²) in [6.45, 7) is 7.18. The summed E-state index contributed by atoms with van der Waals surface area (Å²) in [5.74, 6) is 3.09. The van der Waals surface area contributed by atoms with Gasteiger partial charge < -0.3 is 5.32 Å². The minimum absolute atomic E-state index is 0.642. The largest absolute Gasteiger partial charge is 0.367 e. The van der Waals surface area contributed by atoms with Gasteiger partial charge in [0.2, 0.25) is 0 Å². The molecule has 0 atom stereocenters. The number of rotatable bonds is 5. The van der Waals surface area contributed by atoms with E-state index in [9.17, 15) is 0 Å². The van der Waals surface area contributed by atoms with E-state index in [1.807, 2.05) is 44.6 Å². The first kappa shape index (κ1) is 17.1. The Kier molecular flexibility index (Phi) is 4.27. The van der Waals surface area contributed by atoms with Gasteiger partial charge in [0.1, 0.15) is 17.5 Å². The van der Waals surface area contributed by atoms with Crippen molar-refractivity contribution < 1.29 is 0 Å². The van der Waals surface area contributed by atoms with E-state index in [2.05, 4.69) is 25.5 Å². The zero-order chi connectivity index (χ0) is 19.0. The lowest BCUT2D eigenvalue weighted by molar-refractivity contribution is 0.612. The quantitative estimate of drug-likeness (QED) is 0.579. The SMILES string of the molecule is Cc1nc(C)n(CCNc2nc(-c3ccncc3)nc3c2c(C)nn3C)n1. The highest BCUT2D eigenvalue weighted by molar-refractivity contribution is 5.90. The number of aryl methyl sites for hydroxylation is 4. The molecule has 4 aromatic heterocycles. The molecule has 0 radical (unpaired) electrons. The van der Waals surface area contributed by atoms with Crippen molar-refractivity contribution >= 4 is 16.9 Å². The van der Waals surface area contributed by atoms with Gasteiger partial charge in [-0.05, 0) is 32.9 Å². The zero-order valence-electron chi connectivity index (χ0n) is 15.8. The number of nitrogens with one attached hydrogen (secondary N) is 1. The monoisotopic (exact) mass is 363 g/mol. The summed E-state index contributed by atoms with van der Waals surface area (Å²) in [4.78, 5) is 17.9. The third-order valence-electron chi connectivity index (χ3n) is 4.38. The third-order valence-corrected chi connectivity index (χ3v) is 4.38. The first-order valence-corrected chi connectivity index (χ1v) is 8.76. The fraction of sp³-hybridized carbons (Fsp3) is 0.333. The van der Waals surface area contributed by atoms with E-state index in [1.54, 1.807) is 17.1 Å². The van der Waals surface area contributed by atoms with Crippen molar-refractivity contribution in [2.75, 3.05) is 11.9 Å². The van der Waals surface area contributed by atoms with E-state index in [1.165, 1.54) is 0 Å². The molecule has 0 spiro atoms. The third kappa shape index (κ3) is 3.23. The minimum Gasteiger partial charge on any atom is -0.367 e. The number of nitrogens with zero attached hydrogens (tertiary/aromatic N) is 8. The minimum atomic E-state index is 0.642. The lowest BCUT2D eigenvalue weighted by atomic mass is 10.2. The number of fused-ring (bicyclic) bond motifs is 1. The molecule has 138 valence electrons. The smallest absolute Gasteiger partial charge is 0.164 e. The van der Waals surface area contributed by atoms with Crippen LogP contribution in [0.2, 0.25) is 0 Å². The van der Waals surface area contributed by atoms with Crippen LogP contribution in [0.1, 0.15) is 17.3 Å². The molecule has 27 heavy (non-hydrogen) atoms. The Hall–Kier alpha value is -3.36. The number of anilines is 1. The molecule has 0 aliphatic carbocycles. The molecule has 0 saturated carbocycles. The second kappa shape index (κ2) is 6.75. The molecule has 4 aromatic rings. The van der Waals surface area contributed by atoms with Gasteiger partial charge >= 0.3 is 0 Å². The molecule has 4 rings (SSSR count). The van der Waals surface area contributed by atoms with E-state index in [0.717, 1.165) is 39.8 Å². The van der Waals surface area contributed by atoms with Crippen LogP contribution in [0.4, 0.5) is 5.82 Å². The van der Waals surface area contributed by atoms with Gasteiger partial charge in [0.15, 0.2) is 11.5 Å². The van der Waals surface area contributed by atoms with E-state index in [-0.39, 0.29) is 0 Å². The highest BCUT2D eigenvalue weighted by Gasteiger charge is 2.16. The van der Waals surface area contributed by atoms with Crippen molar-refractivity contribution in [1.82, 2.24) is 39.5 Å². The average Bonchev–Trinajstić information content (AvgIpc) is 3.13. The van der Waals surface area contributed by atoms with Crippen LogP contribution in [0, 0.1) is 20.8 Å². The maximum absolute atomic E-state index is 4.76. The van der Waals surface area contributed by atoms with Crippen LogP contribution >= 0.6 is 0 Å². The number of hydrogen-bond donors (Lipinski definition) is 1. The Morgan fingerprint density at radius 2 is 1.78 bits per heavy atom. The Labute approximate surface area is 156 Å². The highest BCUT2D eigenvalue weighted by atomic mass is 15.3. The lowest BCUT2D eigenvalue weighted by Gasteiger charge is -2.10. The van der Waals surface area contributed by atoms with Gasteiger partial charge in [-0.2, -0.15) is 10.2 Å². The molecule has 9 nitrogen and oxygen atoms in total. The van der Waals surface area contributed by atoms with Gasteiger partial charge in [-0.1, -0.05) is 0 Å². The van der Waals surface area contributed by atoms with Crippen molar-refractivity contribution in [2.24, 2.45) is 7.05 Å². The molecule has 0 aliphatic rings. The fourth-order valence-corrected chi connectivity index (χ4v) is 3.15. The van der Waals surface area contributed by atoms with Crippen molar-refractivity contribution in [3.05, 3.63) is 41.9 Å². The second-order valence-corrected chi connectivity index (χ2v) is 6.40. The molecular weight excluding hydrogens is 342 g/mol. The van der Waals surface area contributed by atoms with Crippen LogP contribution in [0.5, 0.6) is 0 Å². The fourth-order valence-electron chi connectivity index (χ4n) is 3.15. The Bertz CT molecular complexity index is 1100. The predicted molar refractivity (Wildman–Crippen MR) is 102 cm³/mol. The maximum atomic E-state index is 4.76. The molecular formula is C18H21N9. The topological polar surface area (TPSA) is 99.2 Å². The summed E-state index contributed by atoms with van der Waals surface area (Å²) in [7, 11) is 1.89. The Morgan fingerprint density at radius 3 is 2.48 bits per heavy atom. The van der Waals surface area contributed by atoms with Crippen molar-refractivity contribution in [3.8, 4) is 11.4 Å². The first-order chi connectivity index (χ1) is 13.0. The molecule has 9 heteroatoms. The molecule has 0 aliphatic heterocycles. The van der Waals surface area contributed by atoms with Crippen LogP contribution in [-0.2, 0) is 13.6 Å². The molecule has 0 saturated heterocycles. The number of pyridine rings is 1. The second-order valence-electron chi connectivity index (χ2n) is 6.40. The van der Waals surface area contributed by atoms with Crippen LogP contribution in [0.3, 0.4) is 0 Å². The molecule has 0 unspecified atom stereocenters. The van der Waals surface area contributed by atoms with Gasteiger partial charge in [0.05, 0.1) is 17.6 Å². The molecule has 0 amide bonds. The molecule has 0 bridgehead atoms. The average molecular weight is 363 g/mol. The summed E-state index contributed by atoms with van der Waals surface area (Å²) in [5.41, 5.74) is 2.60. The summed E-state index contributed by atoms with van der Waals surface area (Å²) in [6.07, 6.45) is 3.47. The van der Waals surface area contributed by atoms with Crippen molar-refractivity contribution in [3.63, 3.8) is 0 Å². The van der Waals surface area contributed by atoms with Crippen LogP contribution < -0.4 is 5.32 Å². The van der Waals surface area contributed by atoms with Crippen molar-refractivity contribution in [1.29, 1.82) is 0 Å². The van der Waals surface area contributed by atoms with Crippen molar-refractivity contribution in [2.45, 2.75) is 27.3 Å². The van der Waals surface area contributed by atoms with E-state index >= 15 is 0 Å². The molecule has 0 aromatic carbocycles. The van der Waals surface area contributed by atoms with Crippen LogP contribution in [0.25, 0.3) is 22.4 Å². The van der Waals surface area contributed by atoms with Gasteiger partial charge in [-0.15, -0.1) is 0 Å². The number of aromatic nitrogens is 8. The van der Waals surface area contributed by atoms with Gasteiger partial charge in [-0.25, -0.2) is 19.6 Å². The summed E-state index contributed by atoms with van der Waals surface area (Å²) < 4.78 is 3.67. The Balaban J connectivity index is 1.68. The first-order valence-electron chi connectivity index (χ1n) is 8.76. The zero-order valence-corrected chi connectivity index (χ0v) is 15.8. The van der Waals surface area contributed by atoms with Gasteiger partial charge in [0.25, 0.3) is 0 Å². The van der Waals surface area contributed by atoms with E-state index < -0.39 is 0 Å². The van der Waals surface area contributed by atoms with Crippen LogP contribution in [-0.4, -0.2) is 46.0 Å². The van der Waals surface area contributed by atoms with E-state index in [4.69, 9.17) is 9.97 Å². The summed E-state index contributed by atoms with van der Waals surface area (Å²) >= 11 is 0. The number of hydrogen-bond acceptors (Lipinski definition) is 7. The van der Waals surface area contributed by atoms with Gasteiger partial charge in [-0.3, -0.25) is 9.67 Å². The maximum Gasteiger partial charge on any atom is 0.164 e. The highest BCUT2D eigenvalue weighted by Crippen LogP contribution is 2.26. The van der Waals surface area contributed by atoms with Gasteiger partial charge in [0, 0.05) is 31.5 Å². The van der Waals surface area contributed by atoms with Crippen LogP contribution in [0.15, 0.2) is 24.5 Å². The molecule has 0 fully saturated rings. The lowest BCUT2D eigenvalue weighted by Crippen LogP contribution is -2.14. The summed E-state index contributed by atoms with van der Waals surface area (Å²) in [6, 6.07) is 3.80. The molecule has 4 heterocycles. The molecule has 1 N–H and O–H groups in total. The van der Waals surface area contributed by atoms with E-state index in [0.29, 0.717) is 18.9 Å². The predicted octanol–water partition coefficient (Wildman–Crippen LogP) is 2.05. The Morgan fingerprint density at radius 1 is 1.00 bits per heavy atom. The standard InChI is InChI=1S/C18H21N9/c1-11-15-17(20-9-10-27-13(3)21-12(2)25-27)22-16(14-5-7-19-8-6-14)23-18(15)26(4)24-11/h5-8H,9-10H2,1-4H3,(H,20,22,23). The summed E-state index contributed by atoms with van der Waals surface area (Å²) in [5, 5.41) is 13.3. The normalized spacial score (nSPS) is 11.3.